The average Bonchev–Trinajstić information content (AvgIpc) is 3.38. The molecule has 0 saturated heterocycles. The van der Waals surface area contributed by atoms with E-state index < -0.39 is 0 Å². The lowest BCUT2D eigenvalue weighted by Gasteiger charge is -2.15. The van der Waals surface area contributed by atoms with Crippen LogP contribution in [0.1, 0.15) is 17.0 Å². The average molecular weight is 434 g/mol. The molecule has 8 nitrogen and oxygen atoms in total. The molecule has 0 N–H and O–H groups in total. The summed E-state index contributed by atoms with van der Waals surface area (Å²) in [6, 6.07) is 15.6. The van der Waals surface area contributed by atoms with Gasteiger partial charge in [0.05, 0.1) is 23.3 Å². The Morgan fingerprint density at radius 2 is 1.90 bits per heavy atom. The summed E-state index contributed by atoms with van der Waals surface area (Å²) in [7, 11) is 1.79. The molecule has 3 aromatic heterocycles. The first kappa shape index (κ1) is 20.8. The topological polar surface area (TPSA) is 81.7 Å². The highest BCUT2D eigenvalue weighted by Gasteiger charge is 2.13. The van der Waals surface area contributed by atoms with Gasteiger partial charge < -0.3 is 4.90 Å². The maximum atomic E-state index is 12.5. The highest BCUT2D eigenvalue weighted by atomic mass is 32.2. The summed E-state index contributed by atoms with van der Waals surface area (Å²) in [5, 5.41) is 18.0. The van der Waals surface area contributed by atoms with Gasteiger partial charge in [-0.2, -0.15) is 10.2 Å². The molecule has 1 aromatic carbocycles. The van der Waals surface area contributed by atoms with Gasteiger partial charge in [0.25, 0.3) is 0 Å². The predicted molar refractivity (Wildman–Crippen MR) is 119 cm³/mol. The number of hydrogen-bond donors (Lipinski definition) is 0. The van der Waals surface area contributed by atoms with Gasteiger partial charge >= 0.3 is 0 Å². The molecule has 31 heavy (non-hydrogen) atoms. The lowest BCUT2D eigenvalue weighted by molar-refractivity contribution is -0.127. The molecule has 0 saturated carbocycles. The van der Waals surface area contributed by atoms with Crippen molar-refractivity contribution in [2.24, 2.45) is 0 Å². The fraction of sp³-hybridized carbons (Fsp3) is 0.227. The molecule has 158 valence electrons. The van der Waals surface area contributed by atoms with Gasteiger partial charge in [-0.05, 0) is 44.2 Å². The van der Waals surface area contributed by atoms with Crippen LogP contribution in [0.3, 0.4) is 0 Å². The van der Waals surface area contributed by atoms with Crippen LogP contribution in [0.2, 0.25) is 0 Å². The molecule has 4 rings (SSSR count). The van der Waals surface area contributed by atoms with Gasteiger partial charge in [-0.25, -0.2) is 9.36 Å². The van der Waals surface area contributed by atoms with Gasteiger partial charge in [-0.15, -0.1) is 10.2 Å². The smallest absolute Gasteiger partial charge is 0.233 e. The molecule has 0 atom stereocenters. The number of hydrogen-bond acceptors (Lipinski definition) is 6. The van der Waals surface area contributed by atoms with E-state index in [1.54, 1.807) is 22.8 Å². The minimum atomic E-state index is 0.0156. The lowest BCUT2D eigenvalue weighted by atomic mass is 10.3. The van der Waals surface area contributed by atoms with Crippen LogP contribution >= 0.6 is 11.8 Å². The van der Waals surface area contributed by atoms with Gasteiger partial charge in [0, 0.05) is 31.0 Å². The molecule has 0 aliphatic heterocycles. The van der Waals surface area contributed by atoms with E-state index in [1.165, 1.54) is 11.8 Å². The van der Waals surface area contributed by atoms with Crippen LogP contribution < -0.4 is 0 Å². The van der Waals surface area contributed by atoms with Crippen molar-refractivity contribution >= 4 is 17.7 Å². The molecule has 0 aliphatic carbocycles. The Hall–Kier alpha value is -3.46. The van der Waals surface area contributed by atoms with Crippen LogP contribution in [-0.4, -0.2) is 53.4 Å². The Labute approximate surface area is 184 Å². The number of aryl methyl sites for hydroxylation is 2. The fourth-order valence-corrected chi connectivity index (χ4v) is 3.89. The van der Waals surface area contributed by atoms with E-state index in [4.69, 9.17) is 0 Å². The van der Waals surface area contributed by atoms with E-state index in [9.17, 15) is 4.79 Å². The first-order valence-electron chi connectivity index (χ1n) is 9.83. The Bertz CT molecular complexity index is 1170. The van der Waals surface area contributed by atoms with Crippen molar-refractivity contribution in [3.63, 3.8) is 0 Å². The number of benzene rings is 1. The highest BCUT2D eigenvalue weighted by Crippen LogP contribution is 2.17. The number of nitrogens with zero attached hydrogens (tertiary/aromatic N) is 7. The maximum absolute atomic E-state index is 12.5. The van der Waals surface area contributed by atoms with Crippen LogP contribution in [0.25, 0.3) is 11.5 Å². The molecule has 3 heterocycles. The Kier molecular flexibility index (Phi) is 6.13. The number of carbonyl (C=O) groups is 1. The summed E-state index contributed by atoms with van der Waals surface area (Å²) >= 11 is 1.37. The summed E-state index contributed by atoms with van der Waals surface area (Å²) in [6.07, 6.45) is 3.72. The third-order valence-corrected chi connectivity index (χ3v) is 5.60. The van der Waals surface area contributed by atoms with E-state index in [0.29, 0.717) is 17.4 Å². The van der Waals surface area contributed by atoms with Crippen molar-refractivity contribution in [3.8, 4) is 11.5 Å². The molecule has 0 bridgehead atoms. The quantitative estimate of drug-likeness (QED) is 0.416. The standard InChI is InChI=1S/C22H23N7OS/c1-16-11-17(2)29(26-16)20-9-10-21(25-24-20)31-15-22(30)27(3)13-18-12-23-28(14-18)19-7-5-4-6-8-19/h4-12,14H,13,15H2,1-3H3. The number of amides is 1. The van der Waals surface area contributed by atoms with Crippen molar-refractivity contribution in [1.29, 1.82) is 0 Å². The van der Waals surface area contributed by atoms with Crippen molar-refractivity contribution in [1.82, 2.24) is 34.7 Å². The second-order valence-corrected chi connectivity index (χ2v) is 8.23. The predicted octanol–water partition coefficient (Wildman–Crippen LogP) is 3.22. The van der Waals surface area contributed by atoms with E-state index in [1.807, 2.05) is 73.3 Å². The minimum Gasteiger partial charge on any atom is -0.341 e. The van der Waals surface area contributed by atoms with E-state index in [-0.39, 0.29) is 11.7 Å². The number of para-hydroxylation sites is 1. The zero-order valence-corrected chi connectivity index (χ0v) is 18.5. The summed E-state index contributed by atoms with van der Waals surface area (Å²) in [5.74, 6) is 0.966. The summed E-state index contributed by atoms with van der Waals surface area (Å²) in [6.45, 7) is 4.41. The monoisotopic (exact) mass is 433 g/mol. The Morgan fingerprint density at radius 1 is 1.10 bits per heavy atom. The molecule has 0 unspecified atom stereocenters. The molecule has 9 heteroatoms. The molecule has 0 spiro atoms. The molecule has 1 amide bonds. The summed E-state index contributed by atoms with van der Waals surface area (Å²) in [4.78, 5) is 14.2. The number of thioether (sulfide) groups is 1. The van der Waals surface area contributed by atoms with E-state index in [2.05, 4.69) is 20.4 Å². The third kappa shape index (κ3) is 5.00. The zero-order chi connectivity index (χ0) is 21.8. The Morgan fingerprint density at radius 3 is 2.58 bits per heavy atom. The lowest BCUT2D eigenvalue weighted by Crippen LogP contribution is -2.27. The van der Waals surface area contributed by atoms with Crippen LogP contribution in [0.15, 0.2) is 66.0 Å². The van der Waals surface area contributed by atoms with Gasteiger partial charge in [-0.1, -0.05) is 30.0 Å². The van der Waals surface area contributed by atoms with Gasteiger partial charge in [0.15, 0.2) is 5.82 Å². The van der Waals surface area contributed by atoms with Crippen LogP contribution in [0.5, 0.6) is 0 Å². The van der Waals surface area contributed by atoms with Crippen molar-refractivity contribution in [2.75, 3.05) is 12.8 Å². The molecule has 0 fully saturated rings. The Balaban J connectivity index is 1.31. The number of carbonyl (C=O) groups excluding carboxylic acids is 1. The zero-order valence-electron chi connectivity index (χ0n) is 17.6. The van der Waals surface area contributed by atoms with Gasteiger partial charge in [-0.3, -0.25) is 4.79 Å². The van der Waals surface area contributed by atoms with Crippen LogP contribution in [0.4, 0.5) is 0 Å². The molecule has 0 radical (unpaired) electrons. The first-order valence-corrected chi connectivity index (χ1v) is 10.8. The molecule has 0 aliphatic rings. The largest absolute Gasteiger partial charge is 0.341 e. The fourth-order valence-electron chi connectivity index (χ4n) is 3.14. The molecule has 4 aromatic rings. The van der Waals surface area contributed by atoms with E-state index in [0.717, 1.165) is 22.6 Å². The SMILES string of the molecule is Cc1cc(C)n(-c2ccc(SCC(=O)N(C)Cc3cnn(-c4ccccc4)c3)nn2)n1. The maximum Gasteiger partial charge on any atom is 0.233 e. The van der Waals surface area contributed by atoms with Gasteiger partial charge in [0.1, 0.15) is 5.03 Å². The number of rotatable bonds is 7. The van der Waals surface area contributed by atoms with Crippen molar-refractivity contribution in [2.45, 2.75) is 25.4 Å². The minimum absolute atomic E-state index is 0.0156. The van der Waals surface area contributed by atoms with Crippen LogP contribution in [-0.2, 0) is 11.3 Å². The molecular formula is C22H23N7OS. The molecular weight excluding hydrogens is 410 g/mol. The number of aromatic nitrogens is 6. The normalized spacial score (nSPS) is 10.9. The second kappa shape index (κ2) is 9.13. The summed E-state index contributed by atoms with van der Waals surface area (Å²) < 4.78 is 3.56. The summed E-state index contributed by atoms with van der Waals surface area (Å²) in [5.41, 5.74) is 3.89. The van der Waals surface area contributed by atoms with Gasteiger partial charge in [0.2, 0.25) is 5.91 Å². The highest BCUT2D eigenvalue weighted by molar-refractivity contribution is 7.99. The van der Waals surface area contributed by atoms with E-state index >= 15 is 0 Å². The second-order valence-electron chi connectivity index (χ2n) is 7.24. The van der Waals surface area contributed by atoms with Crippen molar-refractivity contribution < 1.29 is 4.79 Å². The first-order chi connectivity index (χ1) is 15.0. The van der Waals surface area contributed by atoms with Crippen LogP contribution in [0, 0.1) is 13.8 Å². The third-order valence-electron chi connectivity index (χ3n) is 4.70. The van der Waals surface area contributed by atoms with Crippen molar-refractivity contribution in [3.05, 3.63) is 77.9 Å².